The van der Waals surface area contributed by atoms with Crippen molar-refractivity contribution < 1.29 is 14.6 Å². The van der Waals surface area contributed by atoms with Gasteiger partial charge in [0.15, 0.2) is 0 Å². The van der Waals surface area contributed by atoms with Gasteiger partial charge in [0.25, 0.3) is 0 Å². The predicted molar refractivity (Wildman–Crippen MR) is 108 cm³/mol. The third kappa shape index (κ3) is 8.97. The van der Waals surface area contributed by atoms with Crippen molar-refractivity contribution in [3.05, 3.63) is 58.2 Å². The molecule has 4 heteroatoms. The molecule has 0 saturated heterocycles. The standard InChI is InChI=1S/C20H29IO3/c1-4-5-9-12-24-17(3)19(21)13-16(2)20(22)15-23-14-18-10-7-6-8-11-18/h4,6-8,10-11,13,16-17,20,22H,1,5,9,12,14-15H2,2-3H3/b19-13-/t16-,17?,20-/m0/s1. The Morgan fingerprint density at radius 2 is 2.00 bits per heavy atom. The molecule has 0 spiro atoms. The predicted octanol–water partition coefficient (Wildman–Crippen LogP) is 4.89. The van der Waals surface area contributed by atoms with E-state index in [4.69, 9.17) is 9.47 Å². The van der Waals surface area contributed by atoms with Crippen molar-refractivity contribution in [3.63, 3.8) is 0 Å². The van der Waals surface area contributed by atoms with Crippen LogP contribution in [0.4, 0.5) is 0 Å². The fourth-order valence-electron chi connectivity index (χ4n) is 2.09. The van der Waals surface area contributed by atoms with Crippen molar-refractivity contribution in [2.45, 2.75) is 45.5 Å². The first kappa shape index (κ1) is 21.4. The first-order valence-corrected chi connectivity index (χ1v) is 9.52. The lowest BCUT2D eigenvalue weighted by atomic mass is 10.0. The van der Waals surface area contributed by atoms with Gasteiger partial charge in [-0.25, -0.2) is 0 Å². The first-order valence-electron chi connectivity index (χ1n) is 8.44. The minimum Gasteiger partial charge on any atom is -0.390 e. The van der Waals surface area contributed by atoms with Gasteiger partial charge in [0.2, 0.25) is 0 Å². The van der Waals surface area contributed by atoms with Crippen LogP contribution in [-0.4, -0.2) is 30.5 Å². The van der Waals surface area contributed by atoms with Crippen molar-refractivity contribution in [1.82, 2.24) is 0 Å². The van der Waals surface area contributed by atoms with Crippen LogP contribution >= 0.6 is 22.6 Å². The van der Waals surface area contributed by atoms with E-state index in [9.17, 15) is 5.11 Å². The van der Waals surface area contributed by atoms with E-state index in [0.717, 1.165) is 28.6 Å². The summed E-state index contributed by atoms with van der Waals surface area (Å²) in [6.07, 6.45) is 5.46. The quantitative estimate of drug-likeness (QED) is 0.284. The summed E-state index contributed by atoms with van der Waals surface area (Å²) < 4.78 is 12.5. The Morgan fingerprint density at radius 3 is 2.67 bits per heavy atom. The Labute approximate surface area is 159 Å². The van der Waals surface area contributed by atoms with Gasteiger partial charge >= 0.3 is 0 Å². The second-order valence-corrected chi connectivity index (χ2v) is 7.17. The normalized spacial score (nSPS) is 15.8. The van der Waals surface area contributed by atoms with E-state index >= 15 is 0 Å². The molecule has 0 aromatic heterocycles. The summed E-state index contributed by atoms with van der Waals surface area (Å²) in [7, 11) is 0. The maximum Gasteiger partial charge on any atom is 0.0850 e. The Hall–Kier alpha value is -0.690. The molecule has 0 fully saturated rings. The Bertz CT molecular complexity index is 487. The fraction of sp³-hybridized carbons (Fsp3) is 0.500. The number of allylic oxidation sites excluding steroid dienone is 1. The van der Waals surface area contributed by atoms with Gasteiger partial charge in [-0.1, -0.05) is 49.4 Å². The summed E-state index contributed by atoms with van der Waals surface area (Å²) in [5.74, 6) is 0.0203. The molecule has 134 valence electrons. The molecular weight excluding hydrogens is 415 g/mol. The van der Waals surface area contributed by atoms with E-state index in [2.05, 4.69) is 35.2 Å². The van der Waals surface area contributed by atoms with Crippen molar-refractivity contribution in [1.29, 1.82) is 0 Å². The lowest BCUT2D eigenvalue weighted by molar-refractivity contribution is 0.0113. The number of aliphatic hydroxyl groups is 1. The molecule has 24 heavy (non-hydrogen) atoms. The largest absolute Gasteiger partial charge is 0.390 e. The molecule has 0 aliphatic carbocycles. The first-order chi connectivity index (χ1) is 11.5. The molecule has 1 aromatic rings. The van der Waals surface area contributed by atoms with Gasteiger partial charge in [0.1, 0.15) is 0 Å². The molecular formula is C20H29IO3. The molecule has 0 saturated carbocycles. The highest BCUT2D eigenvalue weighted by Crippen LogP contribution is 2.20. The minimum absolute atomic E-state index is 0.0203. The van der Waals surface area contributed by atoms with Crippen molar-refractivity contribution in [2.24, 2.45) is 5.92 Å². The molecule has 0 radical (unpaired) electrons. The van der Waals surface area contributed by atoms with Crippen molar-refractivity contribution >= 4 is 22.6 Å². The maximum atomic E-state index is 10.2. The van der Waals surface area contributed by atoms with Gasteiger partial charge in [0, 0.05) is 16.1 Å². The summed E-state index contributed by atoms with van der Waals surface area (Å²) in [5, 5.41) is 10.2. The van der Waals surface area contributed by atoms with E-state index in [1.165, 1.54) is 0 Å². The van der Waals surface area contributed by atoms with Crippen LogP contribution in [0.2, 0.25) is 0 Å². The van der Waals surface area contributed by atoms with Crippen LogP contribution in [-0.2, 0) is 16.1 Å². The highest BCUT2D eigenvalue weighted by Gasteiger charge is 2.15. The zero-order chi connectivity index (χ0) is 17.8. The van der Waals surface area contributed by atoms with Crippen LogP contribution in [0.5, 0.6) is 0 Å². The summed E-state index contributed by atoms with van der Waals surface area (Å²) in [4.78, 5) is 0. The maximum absolute atomic E-state index is 10.2. The third-order valence-electron chi connectivity index (χ3n) is 3.74. The van der Waals surface area contributed by atoms with E-state index in [1.807, 2.05) is 50.3 Å². The van der Waals surface area contributed by atoms with Gasteiger partial charge in [-0.3, -0.25) is 0 Å². The summed E-state index contributed by atoms with van der Waals surface area (Å²) in [6, 6.07) is 9.99. The number of unbranched alkanes of at least 4 members (excludes halogenated alkanes) is 1. The van der Waals surface area contributed by atoms with E-state index < -0.39 is 6.10 Å². The highest BCUT2D eigenvalue weighted by molar-refractivity contribution is 14.1. The molecule has 1 unspecified atom stereocenters. The second-order valence-electron chi connectivity index (χ2n) is 5.92. The summed E-state index contributed by atoms with van der Waals surface area (Å²) in [6.45, 7) is 9.32. The number of hydrogen-bond acceptors (Lipinski definition) is 3. The van der Waals surface area contributed by atoms with Gasteiger partial charge in [0.05, 0.1) is 25.4 Å². The van der Waals surface area contributed by atoms with Crippen LogP contribution in [0, 0.1) is 5.92 Å². The number of rotatable bonds is 12. The zero-order valence-electron chi connectivity index (χ0n) is 14.7. The van der Waals surface area contributed by atoms with Gasteiger partial charge in [-0.2, -0.15) is 0 Å². The fourth-order valence-corrected chi connectivity index (χ4v) is 2.84. The molecule has 0 heterocycles. The number of hydrogen-bond donors (Lipinski definition) is 1. The average Bonchev–Trinajstić information content (AvgIpc) is 2.59. The second kappa shape index (κ2) is 12.6. The van der Waals surface area contributed by atoms with Crippen LogP contribution in [0.25, 0.3) is 0 Å². The van der Waals surface area contributed by atoms with Gasteiger partial charge < -0.3 is 14.6 Å². The Balaban J connectivity index is 2.32. The molecule has 1 aromatic carbocycles. The lowest BCUT2D eigenvalue weighted by Crippen LogP contribution is -2.23. The third-order valence-corrected chi connectivity index (χ3v) is 4.97. The number of ether oxygens (including phenoxy) is 2. The van der Waals surface area contributed by atoms with Crippen LogP contribution in [0.3, 0.4) is 0 Å². The molecule has 1 N–H and O–H groups in total. The van der Waals surface area contributed by atoms with Crippen molar-refractivity contribution in [2.75, 3.05) is 13.2 Å². The smallest absolute Gasteiger partial charge is 0.0850 e. The topological polar surface area (TPSA) is 38.7 Å². The minimum atomic E-state index is -0.522. The Morgan fingerprint density at radius 1 is 1.29 bits per heavy atom. The molecule has 0 aliphatic heterocycles. The Kier molecular flexibility index (Phi) is 11.2. The van der Waals surface area contributed by atoms with Crippen molar-refractivity contribution in [3.8, 4) is 0 Å². The molecule has 3 nitrogen and oxygen atoms in total. The average molecular weight is 444 g/mol. The monoisotopic (exact) mass is 444 g/mol. The van der Waals surface area contributed by atoms with Crippen LogP contribution < -0.4 is 0 Å². The SMILES string of the molecule is C=CCCCOC(C)/C(I)=C/[C@H](C)[C@@H](O)COCc1ccccc1. The molecule has 0 amide bonds. The molecule has 3 atom stereocenters. The van der Waals surface area contributed by atoms with Crippen LogP contribution in [0.1, 0.15) is 32.3 Å². The van der Waals surface area contributed by atoms with Gasteiger partial charge in [-0.15, -0.1) is 6.58 Å². The van der Waals surface area contributed by atoms with E-state index in [-0.39, 0.29) is 12.0 Å². The van der Waals surface area contributed by atoms with Gasteiger partial charge in [-0.05, 0) is 47.9 Å². The van der Waals surface area contributed by atoms with E-state index in [1.54, 1.807) is 0 Å². The van der Waals surface area contributed by atoms with E-state index in [0.29, 0.717) is 13.2 Å². The summed E-state index contributed by atoms with van der Waals surface area (Å²) >= 11 is 2.29. The number of aliphatic hydroxyl groups excluding tert-OH is 1. The molecule has 0 aliphatic rings. The number of halogens is 1. The number of benzene rings is 1. The molecule has 1 rings (SSSR count). The summed E-state index contributed by atoms with van der Waals surface area (Å²) in [5.41, 5.74) is 1.11. The molecule has 0 bridgehead atoms. The zero-order valence-corrected chi connectivity index (χ0v) is 16.8. The highest BCUT2D eigenvalue weighted by atomic mass is 127. The lowest BCUT2D eigenvalue weighted by Gasteiger charge is -2.18. The van der Waals surface area contributed by atoms with Crippen LogP contribution in [0.15, 0.2) is 52.6 Å².